The molecule has 14 nitrogen and oxygen atoms in total. The first-order valence-corrected chi connectivity index (χ1v) is 15.6. The summed E-state index contributed by atoms with van der Waals surface area (Å²) in [6, 6.07) is 14.6. The van der Waals surface area contributed by atoms with Gasteiger partial charge in [0.1, 0.15) is 18.3 Å². The highest BCUT2D eigenvalue weighted by molar-refractivity contribution is 6.30. The van der Waals surface area contributed by atoms with E-state index >= 15 is 0 Å². The zero-order valence-corrected chi connectivity index (χ0v) is 27.4. The number of halogens is 2. The van der Waals surface area contributed by atoms with Gasteiger partial charge in [0.05, 0.1) is 6.61 Å². The van der Waals surface area contributed by atoms with E-state index in [9.17, 15) is 4.79 Å². The van der Waals surface area contributed by atoms with Gasteiger partial charge in [0.25, 0.3) is 0 Å². The highest BCUT2D eigenvalue weighted by Gasteiger charge is 2.33. The van der Waals surface area contributed by atoms with Crippen molar-refractivity contribution in [1.82, 2.24) is 0 Å². The van der Waals surface area contributed by atoms with E-state index in [1.807, 2.05) is 24.3 Å². The maximum atomic E-state index is 10.1. The van der Waals surface area contributed by atoms with Crippen LogP contribution in [0.1, 0.15) is 50.5 Å². The average molecular weight is 699 g/mol. The summed E-state index contributed by atoms with van der Waals surface area (Å²) in [5.74, 6) is -1.41. The van der Waals surface area contributed by atoms with Gasteiger partial charge in [0.15, 0.2) is 6.10 Å². The Bertz CT molecular complexity index is 1310. The number of nitrogens with zero attached hydrogens (tertiary/aromatic N) is 2. The quantitative estimate of drug-likeness (QED) is 0.0615. The van der Waals surface area contributed by atoms with E-state index in [0.29, 0.717) is 40.9 Å². The Balaban J connectivity index is 0.000000716. The smallest absolute Gasteiger partial charge is 0.335 e. The molecule has 13 N–H and O–H groups in total. The molecule has 0 aliphatic carbocycles. The molecule has 47 heavy (non-hydrogen) atoms. The van der Waals surface area contributed by atoms with Crippen LogP contribution in [0.5, 0.6) is 0 Å². The second-order valence-electron chi connectivity index (χ2n) is 10.6. The van der Waals surface area contributed by atoms with Crippen molar-refractivity contribution in [2.24, 2.45) is 21.5 Å². The Kier molecular flexibility index (Phi) is 20.1. The molecule has 0 aliphatic heterocycles. The van der Waals surface area contributed by atoms with Crippen LogP contribution in [0.15, 0.2) is 58.5 Å². The predicted octanol–water partition coefficient (Wildman–Crippen LogP) is 2.55. The number of hydrogen-bond donors (Lipinski definition) is 11. The van der Waals surface area contributed by atoms with Gasteiger partial charge in [-0.2, -0.15) is 4.99 Å². The van der Waals surface area contributed by atoms with E-state index in [1.165, 1.54) is 0 Å². The minimum atomic E-state index is -2.20. The largest absolute Gasteiger partial charge is 0.479 e. The normalized spacial score (nSPS) is 14.3. The number of guanidine groups is 2. The van der Waals surface area contributed by atoms with Crippen LogP contribution in [0.3, 0.4) is 0 Å². The highest BCUT2D eigenvalue weighted by Crippen LogP contribution is 2.14. The second-order valence-corrected chi connectivity index (χ2v) is 11.5. The van der Waals surface area contributed by atoms with Crippen molar-refractivity contribution in [3.8, 4) is 0 Å². The van der Waals surface area contributed by atoms with Crippen molar-refractivity contribution in [3.05, 3.63) is 64.1 Å². The van der Waals surface area contributed by atoms with Crippen LogP contribution >= 0.6 is 23.2 Å². The number of unbranched alkanes of at least 4 members (excludes halogenated alkanes) is 4. The molecule has 0 spiro atoms. The first kappa shape index (κ1) is 41.4. The van der Waals surface area contributed by atoms with Crippen molar-refractivity contribution in [1.29, 1.82) is 10.8 Å². The van der Waals surface area contributed by atoms with Crippen LogP contribution in [0.4, 0.5) is 5.69 Å². The minimum absolute atomic E-state index is 0.147. The van der Waals surface area contributed by atoms with Gasteiger partial charge in [-0.1, -0.05) is 54.6 Å². The third-order valence-electron chi connectivity index (χ3n) is 6.53. The molecule has 0 unspecified atom stereocenters. The fourth-order valence-corrected chi connectivity index (χ4v) is 4.22. The molecule has 16 heteroatoms. The van der Waals surface area contributed by atoms with Gasteiger partial charge in [-0.25, -0.2) is 4.79 Å². The number of rotatable bonds is 18. The lowest BCUT2D eigenvalue weighted by atomic mass is 10.0. The molecule has 4 atom stereocenters. The summed E-state index contributed by atoms with van der Waals surface area (Å²) in [7, 11) is 0. The molecule has 2 rings (SSSR count). The van der Waals surface area contributed by atoms with E-state index in [0.717, 1.165) is 49.8 Å². The minimum Gasteiger partial charge on any atom is -0.479 e. The van der Waals surface area contributed by atoms with Gasteiger partial charge in [-0.3, -0.25) is 4.99 Å². The number of anilines is 1. The van der Waals surface area contributed by atoms with Crippen molar-refractivity contribution < 1.29 is 35.4 Å². The molecule has 2 aromatic rings. The lowest BCUT2D eigenvalue weighted by Crippen LogP contribution is -2.48. The maximum absolute atomic E-state index is 10.1. The number of aliphatic imine (C=N–C) groups is 2. The van der Waals surface area contributed by atoms with E-state index < -0.39 is 37.0 Å². The van der Waals surface area contributed by atoms with E-state index in [4.69, 9.17) is 76.1 Å². The second kappa shape index (κ2) is 22.8. The van der Waals surface area contributed by atoms with Crippen molar-refractivity contribution in [3.63, 3.8) is 0 Å². The zero-order chi connectivity index (χ0) is 35.4. The number of nitrogens with two attached hydrogens (primary N) is 2. The molecule has 260 valence electrons. The predicted molar refractivity (Wildman–Crippen MR) is 185 cm³/mol. The van der Waals surface area contributed by atoms with Crippen LogP contribution in [-0.4, -0.2) is 97.5 Å². The third-order valence-corrected chi connectivity index (χ3v) is 7.03. The number of carbonyl (C=O) groups is 1. The molecule has 0 radical (unpaired) electrons. The van der Waals surface area contributed by atoms with Crippen LogP contribution < -0.4 is 16.8 Å². The number of aliphatic carboxylic acids is 1. The van der Waals surface area contributed by atoms with Crippen LogP contribution in [-0.2, 0) is 11.2 Å². The van der Waals surface area contributed by atoms with Gasteiger partial charge < -0.3 is 58.2 Å². The fraction of sp³-hybridized carbons (Fsp3) is 0.452. The average Bonchev–Trinajstić information content (AvgIpc) is 3.03. The first-order valence-electron chi connectivity index (χ1n) is 14.8. The van der Waals surface area contributed by atoms with Gasteiger partial charge in [0.2, 0.25) is 11.9 Å². The summed E-state index contributed by atoms with van der Waals surface area (Å²) >= 11 is 11.7. The molecule has 0 saturated heterocycles. The SMILES string of the molecule is N=C(CCCCCCCN=C(N)N=C(N)Nc1ccc(Cl)cc1)CC(=N)Cc1ccc(Cl)cc1.O=C(O)[C@H](O)[C@@H](O)[C@H](O)[C@H](O)CO. The molecular formula is C31H45Cl2N7O7. The highest BCUT2D eigenvalue weighted by atomic mass is 35.5. The standard InChI is InChI=1S/C25H33Cl2N7.C6H12O7/c26-19-9-7-18(8-10-19)16-22(29)17-21(28)6-4-2-1-3-5-15-32-24(30)34-25(31)33-23-13-11-20(27)12-14-23;7-1-2(8)3(9)4(10)5(11)6(12)13/h7-14,28-29H,1-6,15-17H2,(H5,30,31,32,33,34);2-5,7-11H,1H2,(H,12,13)/t;2-,3-,4+,5-/m.1/s1. The van der Waals surface area contributed by atoms with Gasteiger partial charge >= 0.3 is 5.97 Å². The molecule has 0 aromatic heterocycles. The summed E-state index contributed by atoms with van der Waals surface area (Å²) in [5.41, 5.74) is 14.7. The Morgan fingerprint density at radius 1 is 0.830 bits per heavy atom. The first-order chi connectivity index (χ1) is 22.2. The maximum Gasteiger partial charge on any atom is 0.335 e. The summed E-state index contributed by atoms with van der Waals surface area (Å²) in [5, 5.41) is 72.3. The monoisotopic (exact) mass is 697 g/mol. The van der Waals surface area contributed by atoms with Crippen LogP contribution in [0.25, 0.3) is 0 Å². The third kappa shape index (κ3) is 18.3. The van der Waals surface area contributed by atoms with E-state index in [1.54, 1.807) is 24.3 Å². The van der Waals surface area contributed by atoms with Gasteiger partial charge in [-0.15, -0.1) is 0 Å². The number of aliphatic hydroxyl groups excluding tert-OH is 5. The van der Waals surface area contributed by atoms with Gasteiger partial charge in [-0.05, 0) is 61.2 Å². The molecule has 0 aliphatic rings. The topological polar surface area (TPSA) is 275 Å². The molecule has 0 amide bonds. The molecule has 2 aromatic carbocycles. The van der Waals surface area contributed by atoms with Crippen molar-refractivity contribution in [2.75, 3.05) is 18.5 Å². The lowest BCUT2D eigenvalue weighted by molar-refractivity contribution is -0.164. The lowest BCUT2D eigenvalue weighted by Gasteiger charge is -2.23. The Morgan fingerprint density at radius 3 is 1.96 bits per heavy atom. The summed E-state index contributed by atoms with van der Waals surface area (Å²) in [6.07, 6.45) is -1.03. The number of hydrogen-bond acceptors (Lipinski definition) is 9. The molecule has 0 heterocycles. The van der Waals surface area contributed by atoms with Gasteiger partial charge in [0, 0.05) is 46.5 Å². The van der Waals surface area contributed by atoms with Crippen LogP contribution in [0, 0.1) is 10.8 Å². The Morgan fingerprint density at radius 2 is 1.38 bits per heavy atom. The number of benzene rings is 2. The fourth-order valence-electron chi connectivity index (χ4n) is 3.97. The summed E-state index contributed by atoms with van der Waals surface area (Å²) in [6.45, 7) is -0.244. The summed E-state index contributed by atoms with van der Waals surface area (Å²) < 4.78 is 0. The van der Waals surface area contributed by atoms with Crippen LogP contribution in [0.2, 0.25) is 10.0 Å². The molecule has 0 fully saturated rings. The van der Waals surface area contributed by atoms with E-state index in [2.05, 4.69) is 15.3 Å². The zero-order valence-electron chi connectivity index (χ0n) is 25.9. The van der Waals surface area contributed by atoms with Crippen molar-refractivity contribution >= 4 is 58.2 Å². The molecular weight excluding hydrogens is 653 g/mol. The molecule has 0 bridgehead atoms. The number of nitrogens with one attached hydrogen (secondary N) is 3. The Labute approximate surface area is 283 Å². The molecule has 0 saturated carbocycles. The Hall–Kier alpha value is -3.63. The number of carboxylic acid groups (broad SMARTS) is 1. The number of aliphatic hydroxyl groups is 5. The summed E-state index contributed by atoms with van der Waals surface area (Å²) in [4.78, 5) is 18.4. The van der Waals surface area contributed by atoms with E-state index in [-0.39, 0.29) is 11.9 Å². The van der Waals surface area contributed by atoms with Crippen molar-refractivity contribution in [2.45, 2.75) is 75.8 Å². The number of carboxylic acids is 1.